The molecule has 1 saturated heterocycles. The van der Waals surface area contributed by atoms with Gasteiger partial charge in [0.05, 0.1) is 25.1 Å². The highest BCUT2D eigenvalue weighted by Gasteiger charge is 2.70. The Hall–Kier alpha value is -2.43. The van der Waals surface area contributed by atoms with E-state index in [1.807, 2.05) is 0 Å². The molecule has 5 fully saturated rings. The minimum Gasteiger partial charge on any atom is -0.462 e. The summed E-state index contributed by atoms with van der Waals surface area (Å²) in [4.78, 5) is 39.0. The zero-order chi connectivity index (χ0) is 30.4. The number of esters is 1. The summed E-state index contributed by atoms with van der Waals surface area (Å²) in [6.45, 7) is 10.8. The predicted molar refractivity (Wildman–Crippen MR) is 159 cm³/mol. The van der Waals surface area contributed by atoms with E-state index >= 15 is 0 Å². The van der Waals surface area contributed by atoms with Gasteiger partial charge >= 0.3 is 17.6 Å². The van der Waals surface area contributed by atoms with E-state index in [4.69, 9.17) is 13.9 Å². The Labute approximate surface area is 254 Å². The van der Waals surface area contributed by atoms with Crippen LogP contribution in [0.5, 0.6) is 0 Å². The van der Waals surface area contributed by atoms with Gasteiger partial charge in [-0.1, -0.05) is 13.8 Å². The lowest BCUT2D eigenvalue weighted by Crippen LogP contribution is -2.62. The Kier molecular flexibility index (Phi) is 8.41. The van der Waals surface area contributed by atoms with E-state index in [1.165, 1.54) is 19.3 Å². The van der Waals surface area contributed by atoms with Crippen molar-refractivity contribution in [2.75, 3.05) is 39.4 Å². The fraction of sp³-hybridized carbons (Fsp3) is 0.788. The molecular formula is C33H49N3O7. The molecule has 6 rings (SSSR count). The summed E-state index contributed by atoms with van der Waals surface area (Å²) in [6, 6.07) is 3.26. The molecule has 2 heterocycles. The monoisotopic (exact) mass is 599 g/mol. The first kappa shape index (κ1) is 30.6. The number of hydrogen-bond acceptors (Lipinski definition) is 8. The van der Waals surface area contributed by atoms with Crippen LogP contribution in [0, 0.1) is 28.6 Å². The van der Waals surface area contributed by atoms with Crippen molar-refractivity contribution in [3.05, 3.63) is 34.4 Å². The summed E-state index contributed by atoms with van der Waals surface area (Å²) < 4.78 is 16.5. The number of aliphatic hydroxyl groups is 1. The Bertz CT molecular complexity index is 1230. The average Bonchev–Trinajstić information content (AvgIpc) is 3.20. The molecule has 0 unspecified atom stereocenters. The number of rotatable bonds is 6. The van der Waals surface area contributed by atoms with Crippen molar-refractivity contribution in [2.45, 2.75) is 95.8 Å². The maximum absolute atomic E-state index is 12.7. The van der Waals surface area contributed by atoms with Gasteiger partial charge in [-0.15, -0.1) is 0 Å². The van der Waals surface area contributed by atoms with Crippen LogP contribution in [0.4, 0.5) is 4.79 Å². The minimum absolute atomic E-state index is 0.0800. The van der Waals surface area contributed by atoms with Crippen LogP contribution in [0.1, 0.15) is 83.6 Å². The maximum atomic E-state index is 12.7. The molecule has 5 aliphatic rings. The summed E-state index contributed by atoms with van der Waals surface area (Å²) in [6.07, 6.45) is 8.05. The largest absolute Gasteiger partial charge is 0.462 e. The molecular weight excluding hydrogens is 550 g/mol. The van der Waals surface area contributed by atoms with Crippen molar-refractivity contribution in [3.63, 3.8) is 0 Å². The van der Waals surface area contributed by atoms with Crippen LogP contribution < -0.4 is 16.3 Å². The van der Waals surface area contributed by atoms with Crippen molar-refractivity contribution >= 4 is 12.0 Å². The summed E-state index contributed by atoms with van der Waals surface area (Å²) >= 11 is 0. The van der Waals surface area contributed by atoms with Gasteiger partial charge in [-0.3, -0.25) is 9.69 Å². The van der Waals surface area contributed by atoms with E-state index in [-0.39, 0.29) is 35.3 Å². The van der Waals surface area contributed by atoms with E-state index < -0.39 is 22.7 Å². The number of urea groups is 1. The van der Waals surface area contributed by atoms with Gasteiger partial charge in [-0.2, -0.15) is 0 Å². The molecule has 0 bridgehead atoms. The third-order valence-electron chi connectivity index (χ3n) is 12.4. The molecule has 0 spiro atoms. The molecule has 4 saturated carbocycles. The van der Waals surface area contributed by atoms with Gasteiger partial charge < -0.3 is 29.6 Å². The molecule has 238 valence electrons. The summed E-state index contributed by atoms with van der Waals surface area (Å²) in [5, 5.41) is 19.0. The Morgan fingerprint density at radius 3 is 2.60 bits per heavy atom. The molecule has 1 aromatic rings. The van der Waals surface area contributed by atoms with Gasteiger partial charge in [0.1, 0.15) is 6.10 Å². The first-order valence-electron chi connectivity index (χ1n) is 16.4. The van der Waals surface area contributed by atoms with Gasteiger partial charge in [-0.05, 0) is 79.7 Å². The maximum Gasteiger partial charge on any atom is 0.335 e. The molecule has 1 aromatic heterocycles. The van der Waals surface area contributed by atoms with E-state index in [0.717, 1.165) is 83.4 Å². The second-order valence-electron chi connectivity index (χ2n) is 14.4. The number of hydrogen-bond donors (Lipinski definition) is 3. The fourth-order valence-corrected chi connectivity index (χ4v) is 10.2. The number of ether oxygens (including phenoxy) is 2. The third kappa shape index (κ3) is 5.52. The van der Waals surface area contributed by atoms with E-state index in [9.17, 15) is 19.5 Å². The first-order valence-corrected chi connectivity index (χ1v) is 16.4. The number of carbonyl (C=O) groups excluding carboxylic acids is 2. The number of nitrogens with zero attached hydrogens (tertiary/aromatic N) is 1. The van der Waals surface area contributed by atoms with Gasteiger partial charge in [-0.25, -0.2) is 9.59 Å². The molecule has 10 heteroatoms. The van der Waals surface area contributed by atoms with Crippen molar-refractivity contribution in [1.29, 1.82) is 0 Å². The normalized spacial score (nSPS) is 40.9. The van der Waals surface area contributed by atoms with Gasteiger partial charge in [0.25, 0.3) is 0 Å². The Morgan fingerprint density at radius 1 is 1.09 bits per heavy atom. The van der Waals surface area contributed by atoms with E-state index in [0.29, 0.717) is 24.8 Å². The molecule has 1 aliphatic heterocycles. The second kappa shape index (κ2) is 11.8. The smallest absolute Gasteiger partial charge is 0.335 e. The standard InChI is InChI=1S/C33H49N3O7/c1-21(37)43-27-19-33(40)26-6-5-23-18-24(35-30(39)34-12-13-36-14-16-41-17-15-36)8-10-31(23,2)25(26)9-11-32(33,3)29(27)22-4-7-28(38)42-20-22/h4,7,20,23-27,29,40H,5-6,8-19H2,1-3H3,(H2,34,35,39)/t23-,24+,25+,26-,27+,29+,31+,32-,33+/m1/s1. The number of carbonyl (C=O) groups is 2. The second-order valence-corrected chi connectivity index (χ2v) is 14.4. The minimum atomic E-state index is -1.000. The zero-order valence-electron chi connectivity index (χ0n) is 25.9. The van der Waals surface area contributed by atoms with E-state index in [1.54, 1.807) is 6.07 Å². The predicted octanol–water partition coefficient (Wildman–Crippen LogP) is 3.42. The quantitative estimate of drug-likeness (QED) is 0.424. The van der Waals surface area contributed by atoms with Crippen molar-refractivity contribution in [2.24, 2.45) is 28.6 Å². The summed E-state index contributed by atoms with van der Waals surface area (Å²) in [5.74, 6) is 0.330. The Morgan fingerprint density at radius 2 is 1.88 bits per heavy atom. The van der Waals surface area contributed by atoms with Crippen LogP contribution in [-0.4, -0.2) is 79.1 Å². The molecule has 0 aromatic carbocycles. The van der Waals surface area contributed by atoms with E-state index in [2.05, 4.69) is 29.4 Å². The number of amides is 2. The fourth-order valence-electron chi connectivity index (χ4n) is 10.2. The number of fused-ring (bicyclic) bond motifs is 5. The summed E-state index contributed by atoms with van der Waals surface area (Å²) in [7, 11) is 0. The van der Waals surface area contributed by atoms with Crippen molar-refractivity contribution < 1.29 is 28.6 Å². The number of morpholine rings is 1. The first-order chi connectivity index (χ1) is 20.5. The SMILES string of the molecule is CC(=O)O[C@H]1C[C@]2(O)[C@@H]3CC[C@@H]4C[C@@H](NC(=O)NCCN5CCOCC5)CC[C@]4(C)[C@H]3CC[C@]2(C)[C@H]1c1ccc(=O)oc1. The molecule has 4 aliphatic carbocycles. The highest BCUT2D eigenvalue weighted by molar-refractivity contribution is 5.74. The Balaban J connectivity index is 1.13. The highest BCUT2D eigenvalue weighted by Crippen LogP contribution is 2.70. The average molecular weight is 600 g/mol. The highest BCUT2D eigenvalue weighted by atomic mass is 16.5. The molecule has 3 N–H and O–H groups in total. The van der Waals surface area contributed by atoms with Crippen molar-refractivity contribution in [3.8, 4) is 0 Å². The van der Waals surface area contributed by atoms with Gasteiger partial charge in [0.2, 0.25) is 0 Å². The topological polar surface area (TPSA) is 130 Å². The van der Waals surface area contributed by atoms with Crippen LogP contribution in [0.2, 0.25) is 0 Å². The lowest BCUT2D eigenvalue weighted by Gasteiger charge is -2.63. The van der Waals surface area contributed by atoms with Crippen LogP contribution in [0.15, 0.2) is 27.6 Å². The molecule has 2 amide bonds. The molecule has 10 nitrogen and oxygen atoms in total. The van der Waals surface area contributed by atoms with Crippen LogP contribution in [-0.2, 0) is 14.3 Å². The number of nitrogens with one attached hydrogen (secondary N) is 2. The zero-order valence-corrected chi connectivity index (χ0v) is 25.9. The van der Waals surface area contributed by atoms with Crippen LogP contribution >= 0.6 is 0 Å². The summed E-state index contributed by atoms with van der Waals surface area (Å²) in [5.41, 5.74) is -1.05. The lowest BCUT2D eigenvalue weighted by atomic mass is 9.43. The van der Waals surface area contributed by atoms with Gasteiger partial charge in [0, 0.05) is 63.0 Å². The lowest BCUT2D eigenvalue weighted by molar-refractivity contribution is -0.202. The van der Waals surface area contributed by atoms with Crippen LogP contribution in [0.25, 0.3) is 0 Å². The molecule has 9 atom stereocenters. The third-order valence-corrected chi connectivity index (χ3v) is 12.4. The molecule has 43 heavy (non-hydrogen) atoms. The van der Waals surface area contributed by atoms with Crippen molar-refractivity contribution in [1.82, 2.24) is 15.5 Å². The van der Waals surface area contributed by atoms with Crippen LogP contribution in [0.3, 0.4) is 0 Å². The molecule has 0 radical (unpaired) electrons. The van der Waals surface area contributed by atoms with Gasteiger partial charge in [0.15, 0.2) is 0 Å².